The van der Waals surface area contributed by atoms with E-state index in [1.807, 2.05) is 72.8 Å². The molecular formula is C26H22N4O2. The highest BCUT2D eigenvalue weighted by molar-refractivity contribution is 6.09. The second-order valence-electron chi connectivity index (χ2n) is 7.87. The van der Waals surface area contributed by atoms with Gasteiger partial charge in [0, 0.05) is 47.9 Å². The number of amides is 1. The number of anilines is 2. The van der Waals surface area contributed by atoms with Crippen LogP contribution in [0.4, 0.5) is 11.4 Å². The smallest absolute Gasteiger partial charge is 0.221 e. The fourth-order valence-corrected chi connectivity index (χ4v) is 4.38. The van der Waals surface area contributed by atoms with E-state index in [0.29, 0.717) is 12.0 Å². The lowest BCUT2D eigenvalue weighted by Gasteiger charge is -2.21. The van der Waals surface area contributed by atoms with Gasteiger partial charge in [-0.15, -0.1) is 0 Å². The van der Waals surface area contributed by atoms with Crippen molar-refractivity contribution in [3.63, 3.8) is 0 Å². The molecule has 1 aliphatic carbocycles. The van der Waals surface area contributed by atoms with Crippen LogP contribution in [0.5, 0.6) is 0 Å². The van der Waals surface area contributed by atoms with Gasteiger partial charge in [0.1, 0.15) is 0 Å². The molecule has 1 unspecified atom stereocenters. The van der Waals surface area contributed by atoms with E-state index in [1.54, 1.807) is 12.4 Å². The van der Waals surface area contributed by atoms with Crippen molar-refractivity contribution >= 4 is 23.1 Å². The van der Waals surface area contributed by atoms with Gasteiger partial charge >= 0.3 is 0 Å². The van der Waals surface area contributed by atoms with E-state index < -0.39 is 11.8 Å². The monoisotopic (exact) mass is 422 g/mol. The van der Waals surface area contributed by atoms with Gasteiger partial charge in [0.05, 0.1) is 22.9 Å². The van der Waals surface area contributed by atoms with Crippen molar-refractivity contribution in [3.05, 3.63) is 96.4 Å². The number of aromatic nitrogens is 2. The Labute approximate surface area is 185 Å². The molecule has 2 aromatic heterocycles. The van der Waals surface area contributed by atoms with Gasteiger partial charge in [-0.25, -0.2) is 0 Å². The van der Waals surface area contributed by atoms with Crippen molar-refractivity contribution in [3.8, 4) is 16.9 Å². The Hall–Kier alpha value is -4.19. The van der Waals surface area contributed by atoms with Gasteiger partial charge in [-0.3, -0.25) is 14.6 Å². The number of benzene rings is 2. The van der Waals surface area contributed by atoms with Crippen LogP contribution >= 0.6 is 0 Å². The summed E-state index contributed by atoms with van der Waals surface area (Å²) in [7, 11) is 0. The third kappa shape index (κ3) is 3.46. The van der Waals surface area contributed by atoms with Crippen molar-refractivity contribution < 1.29 is 9.59 Å². The van der Waals surface area contributed by atoms with Crippen LogP contribution < -0.4 is 11.1 Å². The number of rotatable bonds is 5. The largest absolute Gasteiger partial charge is 0.369 e. The zero-order chi connectivity index (χ0) is 22.1. The summed E-state index contributed by atoms with van der Waals surface area (Å²) < 4.78 is 2.07. The zero-order valence-electron chi connectivity index (χ0n) is 17.4. The molecule has 0 bridgehead atoms. The summed E-state index contributed by atoms with van der Waals surface area (Å²) in [5.41, 5.74) is 11.3. The number of carbonyl (C=O) groups is 2. The minimum atomic E-state index is -0.526. The maximum atomic E-state index is 13.4. The first kappa shape index (κ1) is 19.8. The van der Waals surface area contributed by atoms with E-state index >= 15 is 0 Å². The molecule has 0 aliphatic heterocycles. The van der Waals surface area contributed by atoms with Crippen LogP contribution in [0.2, 0.25) is 0 Å². The van der Waals surface area contributed by atoms with Crippen molar-refractivity contribution in [1.82, 2.24) is 9.55 Å². The number of fused-ring (bicyclic) bond motifs is 1. The summed E-state index contributed by atoms with van der Waals surface area (Å²) in [6.07, 6.45) is 3.98. The van der Waals surface area contributed by atoms with E-state index in [2.05, 4.69) is 14.9 Å². The molecule has 3 N–H and O–H groups in total. The number of Topliss-reactive ketones (excluding diaryl/α,β-unsaturated/α-hetero) is 1. The third-order valence-electron chi connectivity index (χ3n) is 5.83. The van der Waals surface area contributed by atoms with Crippen LogP contribution in [0.3, 0.4) is 0 Å². The average molecular weight is 422 g/mol. The number of carbonyl (C=O) groups excluding carboxylic acids is 2. The highest BCUT2D eigenvalue weighted by Gasteiger charge is 2.36. The molecule has 1 aliphatic rings. The van der Waals surface area contributed by atoms with Gasteiger partial charge in [-0.05, 0) is 36.4 Å². The van der Waals surface area contributed by atoms with Gasteiger partial charge in [0.15, 0.2) is 5.78 Å². The Bertz CT molecular complexity index is 1280. The highest BCUT2D eigenvalue weighted by atomic mass is 16.1. The number of pyridine rings is 1. The summed E-state index contributed by atoms with van der Waals surface area (Å²) in [6, 6.07) is 23.5. The zero-order valence-corrected chi connectivity index (χ0v) is 17.4. The molecule has 32 heavy (non-hydrogen) atoms. The first-order valence-corrected chi connectivity index (χ1v) is 10.5. The number of primary amides is 1. The topological polar surface area (TPSA) is 90.0 Å². The normalized spacial score (nSPS) is 15.2. The van der Waals surface area contributed by atoms with E-state index in [4.69, 9.17) is 5.73 Å². The van der Waals surface area contributed by atoms with Crippen LogP contribution in [-0.2, 0) is 11.2 Å². The SMILES string of the molecule is NC(=O)C1CC(=O)c2c(Nc3ccccc3)c(-c3ccncc3)n(-c3ccccc3)c2C1. The summed E-state index contributed by atoms with van der Waals surface area (Å²) in [5.74, 6) is -1.06. The number of nitrogens with two attached hydrogens (primary N) is 1. The Morgan fingerprint density at radius 2 is 1.59 bits per heavy atom. The van der Waals surface area contributed by atoms with Gasteiger partial charge in [-0.2, -0.15) is 0 Å². The van der Waals surface area contributed by atoms with E-state index in [-0.39, 0.29) is 12.2 Å². The third-order valence-corrected chi connectivity index (χ3v) is 5.83. The molecule has 4 aromatic rings. The molecule has 0 fully saturated rings. The molecule has 158 valence electrons. The Kier molecular flexibility index (Phi) is 5.03. The van der Waals surface area contributed by atoms with E-state index in [0.717, 1.165) is 34.0 Å². The maximum absolute atomic E-state index is 13.4. The molecular weight excluding hydrogens is 400 g/mol. The number of para-hydroxylation sites is 2. The number of nitrogens with one attached hydrogen (secondary N) is 1. The number of ketones is 1. The predicted octanol–water partition coefficient (Wildman–Crippen LogP) is 4.51. The standard InChI is InChI=1S/C26H22N4O2/c27-26(32)18-15-21-23(22(31)16-18)24(29-19-7-3-1-4-8-19)25(17-11-13-28-14-12-17)30(21)20-9-5-2-6-10-20/h1-14,18,29H,15-16H2,(H2,27,32). The van der Waals surface area contributed by atoms with Crippen molar-refractivity contribution in [1.29, 1.82) is 0 Å². The fourth-order valence-electron chi connectivity index (χ4n) is 4.38. The van der Waals surface area contributed by atoms with Gasteiger partial charge < -0.3 is 15.6 Å². The number of hydrogen-bond donors (Lipinski definition) is 2. The Balaban J connectivity index is 1.83. The molecule has 0 saturated heterocycles. The molecule has 1 atom stereocenters. The quantitative estimate of drug-likeness (QED) is 0.495. The number of hydrogen-bond acceptors (Lipinski definition) is 4. The molecule has 2 aromatic carbocycles. The fraction of sp³-hybridized carbons (Fsp3) is 0.115. The van der Waals surface area contributed by atoms with Crippen LogP contribution in [-0.4, -0.2) is 21.2 Å². The molecule has 0 radical (unpaired) electrons. The molecule has 5 rings (SSSR count). The lowest BCUT2D eigenvalue weighted by atomic mass is 9.85. The maximum Gasteiger partial charge on any atom is 0.221 e. The van der Waals surface area contributed by atoms with E-state index in [1.165, 1.54) is 0 Å². The highest BCUT2D eigenvalue weighted by Crippen LogP contribution is 2.44. The van der Waals surface area contributed by atoms with Crippen molar-refractivity contribution in [2.24, 2.45) is 11.7 Å². The van der Waals surface area contributed by atoms with Gasteiger partial charge in [0.2, 0.25) is 5.91 Å². The molecule has 0 spiro atoms. The minimum Gasteiger partial charge on any atom is -0.369 e. The first-order chi connectivity index (χ1) is 15.6. The van der Waals surface area contributed by atoms with Crippen LogP contribution in [0, 0.1) is 5.92 Å². The van der Waals surface area contributed by atoms with E-state index in [9.17, 15) is 9.59 Å². The summed E-state index contributed by atoms with van der Waals surface area (Å²) >= 11 is 0. The lowest BCUT2D eigenvalue weighted by Crippen LogP contribution is -2.32. The molecule has 6 nitrogen and oxygen atoms in total. The van der Waals surface area contributed by atoms with Crippen molar-refractivity contribution in [2.75, 3.05) is 5.32 Å². The molecule has 1 amide bonds. The molecule has 0 saturated carbocycles. The summed E-state index contributed by atoms with van der Waals surface area (Å²) in [5, 5.41) is 3.49. The molecule has 2 heterocycles. The Morgan fingerprint density at radius 1 is 0.938 bits per heavy atom. The van der Waals surface area contributed by atoms with Gasteiger partial charge in [-0.1, -0.05) is 36.4 Å². The Morgan fingerprint density at radius 3 is 2.25 bits per heavy atom. The first-order valence-electron chi connectivity index (χ1n) is 10.5. The van der Waals surface area contributed by atoms with Crippen LogP contribution in [0.1, 0.15) is 22.5 Å². The second kappa shape index (κ2) is 8.15. The molecule has 6 heteroatoms. The van der Waals surface area contributed by atoms with Crippen LogP contribution in [0.15, 0.2) is 85.2 Å². The average Bonchev–Trinajstić information content (AvgIpc) is 3.15. The minimum absolute atomic E-state index is 0.0848. The van der Waals surface area contributed by atoms with Crippen molar-refractivity contribution in [2.45, 2.75) is 12.8 Å². The predicted molar refractivity (Wildman–Crippen MR) is 124 cm³/mol. The second-order valence-corrected chi connectivity index (χ2v) is 7.87. The number of nitrogens with zero attached hydrogens (tertiary/aromatic N) is 2. The summed E-state index contributed by atoms with van der Waals surface area (Å²) in [4.78, 5) is 29.6. The lowest BCUT2D eigenvalue weighted by molar-refractivity contribution is -0.121. The summed E-state index contributed by atoms with van der Waals surface area (Å²) in [6.45, 7) is 0. The van der Waals surface area contributed by atoms with Crippen LogP contribution in [0.25, 0.3) is 16.9 Å². The van der Waals surface area contributed by atoms with Gasteiger partial charge in [0.25, 0.3) is 0 Å².